The molecule has 3 N–H and O–H groups in total. The quantitative estimate of drug-likeness (QED) is 0.413. The highest BCUT2D eigenvalue weighted by Crippen LogP contribution is 2.36. The molecule has 2 fully saturated rings. The Morgan fingerprint density at radius 2 is 1.78 bits per heavy atom. The van der Waals surface area contributed by atoms with Crippen molar-refractivity contribution in [3.05, 3.63) is 47.7 Å². The standard InChI is InChI=1S/C27H31F3N8O3/c1-35-7-9-37(10-8-35)17-3-5-18(6-4-17)38-24(34-36(2)26(38)25(40)31-15-27(28,29)30)20-11-19-21(12-22(20)39)32-33-23(19)16-13-41-14-16/h3-6,11-12,16,26,39H,7-10,13-15H2,1-2H3,(H,31,40)(H,32,33). The van der Waals surface area contributed by atoms with Gasteiger partial charge in [-0.15, -0.1) is 0 Å². The molecular weight excluding hydrogens is 541 g/mol. The molecule has 1 atom stereocenters. The molecule has 0 aliphatic carbocycles. The number of carbonyl (C=O) groups excluding carboxylic acids is 1. The molecule has 3 aliphatic heterocycles. The number of alkyl halides is 3. The first-order valence-electron chi connectivity index (χ1n) is 13.4. The van der Waals surface area contributed by atoms with E-state index in [1.165, 1.54) is 18.1 Å². The third-order valence-electron chi connectivity index (χ3n) is 7.76. The van der Waals surface area contributed by atoms with Gasteiger partial charge in [-0.25, -0.2) is 0 Å². The molecular formula is C27H31F3N8O3. The Balaban J connectivity index is 1.38. The van der Waals surface area contributed by atoms with Crippen molar-refractivity contribution in [3.63, 3.8) is 0 Å². The molecule has 3 aromatic rings. The van der Waals surface area contributed by atoms with Gasteiger partial charge in [0.25, 0.3) is 5.91 Å². The monoisotopic (exact) mass is 572 g/mol. The minimum Gasteiger partial charge on any atom is -0.507 e. The number of benzene rings is 2. The summed E-state index contributed by atoms with van der Waals surface area (Å²) in [5.74, 6) is -0.640. The summed E-state index contributed by atoms with van der Waals surface area (Å²) in [6.07, 6.45) is -5.79. The summed E-state index contributed by atoms with van der Waals surface area (Å²) in [7, 11) is 3.59. The lowest BCUT2D eigenvalue weighted by Gasteiger charge is -2.34. The number of amides is 1. The van der Waals surface area contributed by atoms with Crippen LogP contribution in [0.3, 0.4) is 0 Å². The van der Waals surface area contributed by atoms with Crippen molar-refractivity contribution in [3.8, 4) is 5.75 Å². The fraction of sp³-hybridized carbons (Fsp3) is 0.444. The number of hydrogen-bond acceptors (Lipinski definition) is 9. The molecule has 14 heteroatoms. The number of hydrazone groups is 1. The number of aromatic hydroxyl groups is 1. The van der Waals surface area contributed by atoms with Gasteiger partial charge in [-0.1, -0.05) is 0 Å². The van der Waals surface area contributed by atoms with Crippen molar-refractivity contribution >= 4 is 34.0 Å². The Morgan fingerprint density at radius 1 is 1.10 bits per heavy atom. The second-order valence-corrected chi connectivity index (χ2v) is 10.6. The first-order valence-corrected chi connectivity index (χ1v) is 13.4. The molecule has 0 saturated carbocycles. The highest BCUT2D eigenvalue weighted by atomic mass is 19.4. The van der Waals surface area contributed by atoms with Crippen LogP contribution in [0.1, 0.15) is 17.2 Å². The number of halogens is 3. The van der Waals surface area contributed by atoms with Crippen molar-refractivity contribution in [2.45, 2.75) is 18.3 Å². The van der Waals surface area contributed by atoms with Crippen LogP contribution >= 0.6 is 0 Å². The number of rotatable bonds is 6. The molecule has 1 aromatic heterocycles. The number of phenols is 1. The highest BCUT2D eigenvalue weighted by molar-refractivity contribution is 6.17. The number of piperazine rings is 1. The molecule has 218 valence electrons. The Bertz CT molecular complexity index is 1460. The van der Waals surface area contributed by atoms with Crippen LogP contribution in [0.5, 0.6) is 5.75 Å². The Kier molecular flexibility index (Phi) is 6.90. The van der Waals surface area contributed by atoms with Gasteiger partial charge in [0.15, 0.2) is 5.84 Å². The number of likely N-dealkylation sites (N-methyl/N-ethyl adjacent to an activating group) is 2. The van der Waals surface area contributed by atoms with Gasteiger partial charge in [-0.05, 0) is 37.4 Å². The molecule has 1 amide bonds. The number of fused-ring (bicyclic) bond motifs is 1. The van der Waals surface area contributed by atoms with Crippen molar-refractivity contribution < 1.29 is 27.8 Å². The lowest BCUT2D eigenvalue weighted by molar-refractivity contribution is -0.140. The predicted octanol–water partition coefficient (Wildman–Crippen LogP) is 2.25. The van der Waals surface area contributed by atoms with Crippen LogP contribution in [0.2, 0.25) is 0 Å². The molecule has 1 unspecified atom stereocenters. The molecule has 0 spiro atoms. The zero-order chi connectivity index (χ0) is 28.9. The zero-order valence-corrected chi connectivity index (χ0v) is 22.6. The highest BCUT2D eigenvalue weighted by Gasteiger charge is 2.41. The van der Waals surface area contributed by atoms with Gasteiger partial charge in [-0.3, -0.25) is 19.8 Å². The molecule has 4 heterocycles. The van der Waals surface area contributed by atoms with Gasteiger partial charge in [0.2, 0.25) is 6.17 Å². The van der Waals surface area contributed by atoms with Crippen LogP contribution in [0, 0.1) is 0 Å². The number of nitrogens with zero attached hydrogens (tertiary/aromatic N) is 6. The number of phenolic OH excluding ortho intramolecular Hbond substituents is 1. The third kappa shape index (κ3) is 5.24. The maximum Gasteiger partial charge on any atom is 0.405 e. The summed E-state index contributed by atoms with van der Waals surface area (Å²) < 4.78 is 44.3. The number of anilines is 2. The summed E-state index contributed by atoms with van der Waals surface area (Å²) in [6, 6.07) is 10.7. The second kappa shape index (κ2) is 10.4. The molecule has 41 heavy (non-hydrogen) atoms. The van der Waals surface area contributed by atoms with E-state index in [4.69, 9.17) is 4.74 Å². The first kappa shape index (κ1) is 27.1. The van der Waals surface area contributed by atoms with Gasteiger partial charge in [0.05, 0.1) is 30.0 Å². The molecule has 0 radical (unpaired) electrons. The summed E-state index contributed by atoms with van der Waals surface area (Å²) in [4.78, 5) is 19.2. The Hall–Kier alpha value is -4.04. The number of aromatic nitrogens is 2. The van der Waals surface area contributed by atoms with Crippen LogP contribution in [-0.4, -0.2) is 109 Å². The van der Waals surface area contributed by atoms with Gasteiger partial charge < -0.3 is 25.0 Å². The number of aromatic amines is 1. The van der Waals surface area contributed by atoms with Crippen molar-refractivity contribution in [2.24, 2.45) is 5.10 Å². The van der Waals surface area contributed by atoms with E-state index in [-0.39, 0.29) is 17.5 Å². The Labute approximate surface area is 234 Å². The largest absolute Gasteiger partial charge is 0.507 e. The first-order chi connectivity index (χ1) is 19.6. The lowest BCUT2D eigenvalue weighted by Crippen LogP contribution is -2.53. The van der Waals surface area contributed by atoms with Gasteiger partial charge in [0.1, 0.15) is 12.3 Å². The van der Waals surface area contributed by atoms with Crippen LogP contribution in [0.15, 0.2) is 41.5 Å². The lowest BCUT2D eigenvalue weighted by atomic mass is 9.98. The van der Waals surface area contributed by atoms with E-state index in [9.17, 15) is 23.1 Å². The Morgan fingerprint density at radius 3 is 2.41 bits per heavy atom. The zero-order valence-electron chi connectivity index (χ0n) is 22.6. The minimum absolute atomic E-state index is 0.122. The number of ether oxygens (including phenoxy) is 1. The van der Waals surface area contributed by atoms with E-state index in [2.05, 4.69) is 32.1 Å². The smallest absolute Gasteiger partial charge is 0.405 e. The van der Waals surface area contributed by atoms with E-state index in [0.717, 1.165) is 42.9 Å². The normalized spacial score (nSPS) is 20.5. The van der Waals surface area contributed by atoms with Crippen molar-refractivity contribution in [1.29, 1.82) is 0 Å². The summed E-state index contributed by atoms with van der Waals surface area (Å²) in [5, 5.41) is 27.0. The number of carbonyl (C=O) groups is 1. The SMILES string of the molecule is CN1CCN(c2ccc(N3C(c4cc5c(C6COC6)[nH]nc5cc4O)=NN(C)C3C(=O)NCC(F)(F)F)cc2)CC1. The van der Waals surface area contributed by atoms with Crippen LogP contribution in [0.25, 0.3) is 10.9 Å². The fourth-order valence-electron chi connectivity index (χ4n) is 5.40. The van der Waals surface area contributed by atoms with Crippen LogP contribution in [-0.2, 0) is 9.53 Å². The number of H-pyrrole nitrogens is 1. The third-order valence-corrected chi connectivity index (χ3v) is 7.76. The van der Waals surface area contributed by atoms with Crippen molar-refractivity contribution in [2.75, 3.05) is 69.8 Å². The van der Waals surface area contributed by atoms with Crippen LogP contribution < -0.4 is 15.1 Å². The number of amidine groups is 1. The molecule has 11 nitrogen and oxygen atoms in total. The second-order valence-electron chi connectivity index (χ2n) is 10.6. The maximum atomic E-state index is 13.2. The molecule has 2 aromatic carbocycles. The van der Waals surface area contributed by atoms with E-state index in [1.54, 1.807) is 11.0 Å². The van der Waals surface area contributed by atoms with E-state index in [1.807, 2.05) is 29.6 Å². The van der Waals surface area contributed by atoms with E-state index < -0.39 is 24.8 Å². The van der Waals surface area contributed by atoms with Gasteiger partial charge >= 0.3 is 6.18 Å². The minimum atomic E-state index is -4.57. The number of hydrogen-bond donors (Lipinski definition) is 3. The van der Waals surface area contributed by atoms with E-state index >= 15 is 0 Å². The van der Waals surface area contributed by atoms with Crippen LogP contribution in [0.4, 0.5) is 24.5 Å². The molecule has 6 rings (SSSR count). The fourth-order valence-corrected chi connectivity index (χ4v) is 5.40. The average molecular weight is 573 g/mol. The van der Waals surface area contributed by atoms with Crippen molar-refractivity contribution in [1.82, 2.24) is 25.4 Å². The molecule has 2 saturated heterocycles. The maximum absolute atomic E-state index is 13.2. The predicted molar refractivity (Wildman–Crippen MR) is 147 cm³/mol. The number of nitrogens with one attached hydrogen (secondary N) is 2. The molecule has 3 aliphatic rings. The van der Waals surface area contributed by atoms with E-state index in [0.29, 0.717) is 30.0 Å². The topological polar surface area (TPSA) is 113 Å². The van der Waals surface area contributed by atoms with Gasteiger partial charge in [-0.2, -0.15) is 23.4 Å². The van der Waals surface area contributed by atoms with Gasteiger partial charge in [0, 0.05) is 62.0 Å². The average Bonchev–Trinajstić information content (AvgIpc) is 3.46. The molecule has 0 bridgehead atoms. The summed E-state index contributed by atoms with van der Waals surface area (Å²) in [5.41, 5.74) is 3.28. The summed E-state index contributed by atoms with van der Waals surface area (Å²) >= 11 is 0. The summed E-state index contributed by atoms with van der Waals surface area (Å²) in [6.45, 7) is 3.22.